The third-order valence-electron chi connectivity index (χ3n) is 4.82. The predicted octanol–water partition coefficient (Wildman–Crippen LogP) is 2.73. The molecule has 1 aromatic carbocycles. The van der Waals surface area contributed by atoms with Crippen molar-refractivity contribution < 1.29 is 19.3 Å². The number of aliphatic imine (C=N–C) groups is 1. The molecular weight excluding hydrogens is 473 g/mol. The second-order valence-electron chi connectivity index (χ2n) is 6.65. The van der Waals surface area contributed by atoms with Gasteiger partial charge in [-0.2, -0.15) is 0 Å². The average Bonchev–Trinajstić information content (AvgIpc) is 2.69. The molecule has 1 saturated carbocycles. The molecule has 1 fully saturated rings. The molecule has 0 heterocycles. The number of aliphatic hydroxyl groups is 1. The minimum atomic E-state index is -0.153. The highest BCUT2D eigenvalue weighted by Crippen LogP contribution is 2.39. The Labute approximate surface area is 185 Å². The van der Waals surface area contributed by atoms with Gasteiger partial charge in [-0.25, -0.2) is 0 Å². The van der Waals surface area contributed by atoms with Gasteiger partial charge in [-0.15, -0.1) is 24.0 Å². The first kappa shape index (κ1) is 24.6. The number of rotatable bonds is 8. The van der Waals surface area contributed by atoms with Gasteiger partial charge in [-0.05, 0) is 45.1 Å². The van der Waals surface area contributed by atoms with Crippen LogP contribution in [0.1, 0.15) is 38.2 Å². The number of benzene rings is 1. The van der Waals surface area contributed by atoms with E-state index < -0.39 is 0 Å². The smallest absolute Gasteiger partial charge is 0.203 e. The first-order valence-corrected chi connectivity index (χ1v) is 9.63. The summed E-state index contributed by atoms with van der Waals surface area (Å²) in [6.07, 6.45) is 4.20. The van der Waals surface area contributed by atoms with Crippen LogP contribution >= 0.6 is 24.0 Å². The van der Waals surface area contributed by atoms with Crippen molar-refractivity contribution in [3.63, 3.8) is 0 Å². The van der Waals surface area contributed by atoms with Crippen LogP contribution in [0.3, 0.4) is 0 Å². The van der Waals surface area contributed by atoms with Crippen molar-refractivity contribution in [2.24, 2.45) is 4.99 Å². The molecule has 0 saturated heterocycles. The van der Waals surface area contributed by atoms with E-state index in [9.17, 15) is 5.11 Å². The minimum absolute atomic E-state index is 0. The van der Waals surface area contributed by atoms with E-state index in [1.807, 2.05) is 12.1 Å². The molecule has 0 amide bonds. The van der Waals surface area contributed by atoms with Crippen molar-refractivity contribution in [2.75, 3.05) is 34.4 Å². The molecule has 3 N–H and O–H groups in total. The Morgan fingerprint density at radius 2 is 1.75 bits per heavy atom. The molecule has 1 aromatic rings. The van der Waals surface area contributed by atoms with Crippen LogP contribution in [0.15, 0.2) is 17.1 Å². The van der Waals surface area contributed by atoms with E-state index in [2.05, 4.69) is 17.6 Å². The third-order valence-corrected chi connectivity index (χ3v) is 4.82. The Hall–Kier alpha value is -1.42. The molecule has 0 bridgehead atoms. The first-order chi connectivity index (χ1) is 13.1. The van der Waals surface area contributed by atoms with Gasteiger partial charge in [0, 0.05) is 24.7 Å². The molecule has 0 atom stereocenters. The van der Waals surface area contributed by atoms with Crippen LogP contribution in [0, 0.1) is 0 Å². The molecule has 0 aliphatic heterocycles. The van der Waals surface area contributed by atoms with E-state index in [-0.39, 0.29) is 30.1 Å². The molecule has 1 aliphatic rings. The lowest BCUT2D eigenvalue weighted by atomic mass is 9.93. The SMILES string of the molecule is CCNC(=NCCc1ccc(OC)c(OC)c1OC)NC1CCC(O)CC1.I. The summed E-state index contributed by atoms with van der Waals surface area (Å²) in [7, 11) is 4.85. The summed E-state index contributed by atoms with van der Waals surface area (Å²) in [4.78, 5) is 4.70. The van der Waals surface area contributed by atoms with Crippen LogP contribution in [0.2, 0.25) is 0 Å². The van der Waals surface area contributed by atoms with Gasteiger partial charge in [0.1, 0.15) is 0 Å². The Morgan fingerprint density at radius 3 is 2.32 bits per heavy atom. The van der Waals surface area contributed by atoms with E-state index >= 15 is 0 Å². The number of aliphatic hydroxyl groups excluding tert-OH is 1. The lowest BCUT2D eigenvalue weighted by molar-refractivity contribution is 0.120. The fourth-order valence-electron chi connectivity index (χ4n) is 3.38. The normalized spacial score (nSPS) is 19.4. The van der Waals surface area contributed by atoms with Crippen molar-refractivity contribution in [3.05, 3.63) is 17.7 Å². The summed E-state index contributed by atoms with van der Waals surface area (Å²) < 4.78 is 16.3. The number of nitrogens with zero attached hydrogens (tertiary/aromatic N) is 1. The molecule has 28 heavy (non-hydrogen) atoms. The highest BCUT2D eigenvalue weighted by Gasteiger charge is 2.20. The summed E-state index contributed by atoms with van der Waals surface area (Å²) in [6.45, 7) is 3.48. The van der Waals surface area contributed by atoms with Crippen molar-refractivity contribution in [3.8, 4) is 17.2 Å². The van der Waals surface area contributed by atoms with Crippen molar-refractivity contribution in [2.45, 2.75) is 51.2 Å². The highest BCUT2D eigenvalue weighted by molar-refractivity contribution is 14.0. The molecule has 8 heteroatoms. The Bertz CT molecular complexity index is 620. The quantitative estimate of drug-likeness (QED) is 0.285. The van der Waals surface area contributed by atoms with Crippen molar-refractivity contribution in [1.29, 1.82) is 0 Å². The van der Waals surface area contributed by atoms with Gasteiger partial charge in [-0.3, -0.25) is 4.99 Å². The molecule has 1 aliphatic carbocycles. The topological polar surface area (TPSA) is 84.3 Å². The number of hydrogen-bond acceptors (Lipinski definition) is 5. The summed E-state index contributed by atoms with van der Waals surface area (Å²) in [6, 6.07) is 4.23. The summed E-state index contributed by atoms with van der Waals surface area (Å²) in [5.74, 6) is 2.76. The van der Waals surface area contributed by atoms with Crippen LogP contribution in [-0.2, 0) is 6.42 Å². The largest absolute Gasteiger partial charge is 0.493 e. The number of methoxy groups -OCH3 is 3. The number of guanidine groups is 1. The van der Waals surface area contributed by atoms with Gasteiger partial charge in [0.25, 0.3) is 0 Å². The van der Waals surface area contributed by atoms with E-state index in [0.29, 0.717) is 29.8 Å². The second kappa shape index (κ2) is 12.9. The zero-order valence-corrected chi connectivity index (χ0v) is 19.6. The molecule has 0 spiro atoms. The van der Waals surface area contributed by atoms with E-state index in [1.165, 1.54) is 0 Å². The number of nitrogens with one attached hydrogen (secondary N) is 2. The Kier molecular flexibility index (Phi) is 11.4. The van der Waals surface area contributed by atoms with Gasteiger partial charge in [0.05, 0.1) is 27.4 Å². The molecule has 160 valence electrons. The summed E-state index contributed by atoms with van der Waals surface area (Å²) >= 11 is 0. The van der Waals surface area contributed by atoms with E-state index in [0.717, 1.165) is 50.2 Å². The maximum absolute atomic E-state index is 9.66. The number of ether oxygens (including phenoxy) is 3. The lowest BCUT2D eigenvalue weighted by Crippen LogP contribution is -2.45. The van der Waals surface area contributed by atoms with Crippen LogP contribution < -0.4 is 24.8 Å². The van der Waals surface area contributed by atoms with Crippen LogP contribution in [-0.4, -0.2) is 57.6 Å². The zero-order chi connectivity index (χ0) is 19.6. The zero-order valence-electron chi connectivity index (χ0n) is 17.3. The fraction of sp³-hybridized carbons (Fsp3) is 0.650. The fourth-order valence-corrected chi connectivity index (χ4v) is 3.38. The molecule has 0 aromatic heterocycles. The first-order valence-electron chi connectivity index (χ1n) is 9.63. The van der Waals surface area contributed by atoms with Crippen LogP contribution in [0.5, 0.6) is 17.2 Å². The van der Waals surface area contributed by atoms with Gasteiger partial charge in [-0.1, -0.05) is 6.07 Å². The van der Waals surface area contributed by atoms with Crippen LogP contribution in [0.25, 0.3) is 0 Å². The second-order valence-corrected chi connectivity index (χ2v) is 6.65. The number of hydrogen-bond donors (Lipinski definition) is 3. The van der Waals surface area contributed by atoms with Crippen LogP contribution in [0.4, 0.5) is 0 Å². The summed E-state index contributed by atoms with van der Waals surface area (Å²) in [5, 5.41) is 16.4. The van der Waals surface area contributed by atoms with Crippen molar-refractivity contribution >= 4 is 29.9 Å². The number of halogens is 1. The monoisotopic (exact) mass is 507 g/mol. The molecule has 0 unspecified atom stereocenters. The van der Waals surface area contributed by atoms with E-state index in [4.69, 9.17) is 19.2 Å². The lowest BCUT2D eigenvalue weighted by Gasteiger charge is -2.27. The molecule has 0 radical (unpaired) electrons. The highest BCUT2D eigenvalue weighted by atomic mass is 127. The maximum atomic E-state index is 9.66. The van der Waals surface area contributed by atoms with Gasteiger partial charge in [0.15, 0.2) is 17.5 Å². The Morgan fingerprint density at radius 1 is 1.07 bits per heavy atom. The molecular formula is C20H34IN3O4. The average molecular weight is 507 g/mol. The molecule has 2 rings (SSSR count). The van der Waals surface area contributed by atoms with Crippen molar-refractivity contribution in [1.82, 2.24) is 10.6 Å². The summed E-state index contributed by atoms with van der Waals surface area (Å²) in [5.41, 5.74) is 1.02. The predicted molar refractivity (Wildman–Crippen MR) is 123 cm³/mol. The minimum Gasteiger partial charge on any atom is -0.493 e. The molecule has 7 nitrogen and oxygen atoms in total. The van der Waals surface area contributed by atoms with Gasteiger partial charge in [0.2, 0.25) is 5.75 Å². The standard InChI is InChI=1S/C20H33N3O4.HI/c1-5-21-20(23-15-7-9-16(24)10-8-15)22-13-12-14-6-11-17(25-2)19(27-4)18(14)26-3;/h6,11,15-16,24H,5,7-10,12-13H2,1-4H3,(H2,21,22,23);1H. The van der Waals surface area contributed by atoms with Gasteiger partial charge >= 0.3 is 0 Å². The Balaban J connectivity index is 0.00000392. The third kappa shape index (κ3) is 6.88. The maximum Gasteiger partial charge on any atom is 0.203 e. The van der Waals surface area contributed by atoms with Gasteiger partial charge < -0.3 is 30.0 Å². The van der Waals surface area contributed by atoms with E-state index in [1.54, 1.807) is 21.3 Å².